The monoisotopic (exact) mass is 674 g/mol. The zero-order chi connectivity index (χ0) is 31.6. The first kappa shape index (κ1) is 32.1. The van der Waals surface area contributed by atoms with E-state index in [1.807, 2.05) is 78.9 Å². The minimum atomic E-state index is -1.41. The van der Waals surface area contributed by atoms with Crippen molar-refractivity contribution in [2.75, 3.05) is 19.8 Å². The minimum absolute atomic E-state index is 0.0428. The molecule has 0 aliphatic carbocycles. The lowest BCUT2D eigenvalue weighted by Crippen LogP contribution is -2.48. The van der Waals surface area contributed by atoms with E-state index in [1.165, 1.54) is 12.1 Å². The molecule has 1 heterocycles. The number of amides is 1. The normalized spacial score (nSPS) is 17.6. The Morgan fingerprint density at radius 3 is 2.42 bits per heavy atom. The Morgan fingerprint density at radius 2 is 1.71 bits per heavy atom. The number of ether oxygens (including phenoxy) is 2. The van der Waals surface area contributed by atoms with Gasteiger partial charge in [-0.25, -0.2) is 13.8 Å². The van der Waals surface area contributed by atoms with Crippen molar-refractivity contribution < 1.29 is 28.2 Å². The first-order valence-electron chi connectivity index (χ1n) is 14.7. The molecular weight excluding hydrogens is 642 g/mol. The predicted molar refractivity (Wildman–Crippen MR) is 174 cm³/mol. The molecule has 232 valence electrons. The molecule has 4 aromatic rings. The van der Waals surface area contributed by atoms with Gasteiger partial charge in [-0.3, -0.25) is 4.79 Å². The van der Waals surface area contributed by atoms with Crippen molar-refractivity contribution in [2.45, 2.75) is 30.9 Å². The van der Waals surface area contributed by atoms with E-state index < -0.39 is 23.3 Å². The van der Waals surface area contributed by atoms with E-state index in [1.54, 1.807) is 12.1 Å². The van der Waals surface area contributed by atoms with Gasteiger partial charge in [-0.05, 0) is 60.0 Å². The lowest BCUT2D eigenvalue weighted by molar-refractivity contribution is -0.128. The van der Waals surface area contributed by atoms with Crippen LogP contribution in [0.2, 0.25) is 0 Å². The molecular formula is C36H33BrF2N2O4. The Hall–Kier alpha value is -4.34. The second kappa shape index (κ2) is 15.1. The first-order valence-corrected chi connectivity index (χ1v) is 15.5. The summed E-state index contributed by atoms with van der Waals surface area (Å²) in [5, 5.41) is 12.0. The molecule has 9 heteroatoms. The fraction of sp³-hybridized carbons (Fsp3) is 0.222. The van der Waals surface area contributed by atoms with Crippen LogP contribution in [0.5, 0.6) is 5.75 Å². The number of nitrogens with zero attached hydrogens (tertiary/aromatic N) is 1. The molecule has 4 aromatic carbocycles. The largest absolute Gasteiger partial charge is 0.494 e. The van der Waals surface area contributed by atoms with Gasteiger partial charge >= 0.3 is 0 Å². The molecule has 6 nitrogen and oxygen atoms in total. The summed E-state index contributed by atoms with van der Waals surface area (Å²) in [6.07, 6.45) is 4.01. The van der Waals surface area contributed by atoms with Crippen LogP contribution in [0, 0.1) is 11.6 Å². The smallest absolute Gasteiger partial charge is 0.252 e. The van der Waals surface area contributed by atoms with Crippen molar-refractivity contribution >= 4 is 33.8 Å². The molecule has 1 aliphatic rings. The maximum Gasteiger partial charge on any atom is 0.252 e. The molecule has 0 bridgehead atoms. The highest BCUT2D eigenvalue weighted by Crippen LogP contribution is 2.45. The summed E-state index contributed by atoms with van der Waals surface area (Å²) < 4.78 is 40.6. The van der Waals surface area contributed by atoms with Crippen molar-refractivity contribution in [1.82, 2.24) is 5.32 Å². The maximum absolute atomic E-state index is 14.3. The summed E-state index contributed by atoms with van der Waals surface area (Å²) in [5.74, 6) is -0.783. The Morgan fingerprint density at radius 1 is 1.00 bits per heavy atom. The molecule has 0 radical (unpaired) electrons. The highest BCUT2D eigenvalue weighted by Gasteiger charge is 2.53. The molecule has 0 spiro atoms. The maximum atomic E-state index is 14.3. The molecule has 0 fully saturated rings. The second-order valence-electron chi connectivity index (χ2n) is 10.6. The fourth-order valence-corrected chi connectivity index (χ4v) is 5.64. The number of carbonyl (C=O) groups excluding carboxylic acids is 1. The van der Waals surface area contributed by atoms with Crippen molar-refractivity contribution in [3.05, 3.63) is 141 Å². The van der Waals surface area contributed by atoms with Crippen LogP contribution < -0.4 is 10.1 Å². The number of carbonyl (C=O) groups is 1. The Balaban J connectivity index is 1.49. The number of nitrogens with one attached hydrogen (secondary N) is 1. The molecule has 0 unspecified atom stereocenters. The average Bonchev–Trinajstić information content (AvgIpc) is 3.42. The Labute approximate surface area is 269 Å². The van der Waals surface area contributed by atoms with Crippen LogP contribution in [0.15, 0.2) is 113 Å². The van der Waals surface area contributed by atoms with Gasteiger partial charge < -0.3 is 19.9 Å². The van der Waals surface area contributed by atoms with E-state index in [2.05, 4.69) is 21.2 Å². The number of hydrogen-bond donors (Lipinski definition) is 2. The van der Waals surface area contributed by atoms with Crippen molar-refractivity contribution in [3.8, 4) is 5.75 Å². The Bertz CT molecular complexity index is 1640. The third-order valence-corrected chi connectivity index (χ3v) is 8.10. The van der Waals surface area contributed by atoms with Crippen LogP contribution >= 0.6 is 15.9 Å². The summed E-state index contributed by atoms with van der Waals surface area (Å²) in [6.45, 7) is 0.567. The zero-order valence-corrected chi connectivity index (χ0v) is 26.1. The van der Waals surface area contributed by atoms with E-state index in [-0.39, 0.29) is 31.9 Å². The molecule has 45 heavy (non-hydrogen) atoms. The molecule has 1 amide bonds. The van der Waals surface area contributed by atoms with Gasteiger partial charge in [-0.2, -0.15) is 0 Å². The van der Waals surface area contributed by atoms with Gasteiger partial charge in [-0.15, -0.1) is 0 Å². The lowest BCUT2D eigenvalue weighted by atomic mass is 9.84. The Kier molecular flexibility index (Phi) is 10.8. The van der Waals surface area contributed by atoms with E-state index in [4.69, 9.17) is 19.6 Å². The number of benzene rings is 4. The summed E-state index contributed by atoms with van der Waals surface area (Å²) in [7, 11) is 0. The number of halogens is 3. The molecule has 1 aliphatic heterocycles. The van der Waals surface area contributed by atoms with Crippen molar-refractivity contribution in [3.63, 3.8) is 0 Å². The van der Waals surface area contributed by atoms with Gasteiger partial charge in [0.05, 0.1) is 6.61 Å². The zero-order valence-electron chi connectivity index (χ0n) is 24.5. The van der Waals surface area contributed by atoms with E-state index in [9.17, 15) is 13.6 Å². The second-order valence-corrected chi connectivity index (χ2v) is 11.5. The van der Waals surface area contributed by atoms with Gasteiger partial charge in [0.15, 0.2) is 11.6 Å². The molecule has 2 atom stereocenters. The fourth-order valence-electron chi connectivity index (χ4n) is 5.15. The van der Waals surface area contributed by atoms with Gasteiger partial charge in [0, 0.05) is 47.7 Å². The van der Waals surface area contributed by atoms with Crippen molar-refractivity contribution in [1.29, 1.82) is 0 Å². The van der Waals surface area contributed by atoms with Crippen LogP contribution in [-0.4, -0.2) is 42.2 Å². The summed E-state index contributed by atoms with van der Waals surface area (Å²) in [5.41, 5.74) is 1.41. The number of aliphatic imine (C=N–C) groups is 1. The molecule has 0 saturated heterocycles. The van der Waals surface area contributed by atoms with Gasteiger partial charge in [0.25, 0.3) is 5.91 Å². The SMILES string of the molecule is O=C(NCCc1cc(F)cc(F)c1)[C@]1(C/C=C/c2ccccc2)N=C(c2ccc(OCCCO)cc2)O[C@@H]1c1ccccc1Br. The molecule has 5 rings (SSSR count). The number of aliphatic hydroxyl groups excluding tert-OH is 1. The van der Waals surface area contributed by atoms with Crippen LogP contribution in [0.25, 0.3) is 6.08 Å². The van der Waals surface area contributed by atoms with E-state index in [0.29, 0.717) is 35.8 Å². The number of hydrogen-bond acceptors (Lipinski definition) is 5. The highest BCUT2D eigenvalue weighted by molar-refractivity contribution is 9.10. The third-order valence-electron chi connectivity index (χ3n) is 7.38. The number of aliphatic hydroxyl groups is 1. The summed E-state index contributed by atoms with van der Waals surface area (Å²) in [6, 6.07) is 27.8. The van der Waals surface area contributed by atoms with Crippen molar-refractivity contribution in [2.24, 2.45) is 4.99 Å². The quantitative estimate of drug-likeness (QED) is 0.147. The van der Waals surface area contributed by atoms with Gasteiger partial charge in [-0.1, -0.05) is 76.6 Å². The van der Waals surface area contributed by atoms with Gasteiger partial charge in [0.2, 0.25) is 5.90 Å². The minimum Gasteiger partial charge on any atom is -0.494 e. The number of rotatable bonds is 13. The van der Waals surface area contributed by atoms with Crippen LogP contribution in [0.4, 0.5) is 8.78 Å². The first-order chi connectivity index (χ1) is 21.9. The van der Waals surface area contributed by atoms with Crippen LogP contribution in [0.1, 0.15) is 41.2 Å². The van der Waals surface area contributed by atoms with E-state index >= 15 is 0 Å². The third kappa shape index (κ3) is 8.04. The summed E-state index contributed by atoms with van der Waals surface area (Å²) in [4.78, 5) is 19.3. The lowest BCUT2D eigenvalue weighted by Gasteiger charge is -2.30. The summed E-state index contributed by atoms with van der Waals surface area (Å²) >= 11 is 3.64. The topological polar surface area (TPSA) is 80.2 Å². The average molecular weight is 676 g/mol. The van der Waals surface area contributed by atoms with Crippen LogP contribution in [-0.2, 0) is 16.0 Å². The molecule has 0 aromatic heterocycles. The predicted octanol–water partition coefficient (Wildman–Crippen LogP) is 7.21. The van der Waals surface area contributed by atoms with E-state index in [0.717, 1.165) is 21.7 Å². The van der Waals surface area contributed by atoms with Gasteiger partial charge in [0.1, 0.15) is 17.4 Å². The molecule has 2 N–H and O–H groups in total. The standard InChI is InChI=1S/C36H33BrF2N2O4/c37-32-12-5-4-11-31(32)33-36(18-6-10-25-8-2-1-3-9-25,35(43)40-19-17-26-22-28(38)24-29(39)23-26)41-34(45-33)27-13-15-30(16-14-27)44-21-7-20-42/h1-6,8-16,22-24,33,42H,7,17-21H2,(H,40,43)/b10-6+/t33-,36-/m1/s1. The van der Waals surface area contributed by atoms with Crippen LogP contribution in [0.3, 0.4) is 0 Å². The molecule has 0 saturated carbocycles. The highest BCUT2D eigenvalue weighted by atomic mass is 79.9.